The maximum absolute atomic E-state index is 5.79. The van der Waals surface area contributed by atoms with Gasteiger partial charge in [0.15, 0.2) is 0 Å². The summed E-state index contributed by atoms with van der Waals surface area (Å²) in [6.45, 7) is 4.62. The zero-order valence-electron chi connectivity index (χ0n) is 9.25. The van der Waals surface area contributed by atoms with E-state index < -0.39 is 8.07 Å². The number of para-hydroxylation sites is 1. The number of nitrogens with zero attached hydrogens (tertiary/aromatic N) is 1. The Labute approximate surface area is 90.7 Å². The first kappa shape index (κ1) is 10.4. The Kier molecular flexibility index (Phi) is 2.62. The molecule has 0 atom stereocenters. The third kappa shape index (κ3) is 2.10. The minimum absolute atomic E-state index is 0.820. The molecule has 0 fully saturated rings. The van der Waals surface area contributed by atoms with Gasteiger partial charge in [0.05, 0.1) is 13.6 Å². The average Bonchev–Trinajstić information content (AvgIpc) is 2.62. The van der Waals surface area contributed by atoms with Crippen LogP contribution in [-0.2, 0) is 6.04 Å². The minimum Gasteiger partial charge on any atom is -0.333 e. The molecule has 3 nitrogen and oxygen atoms in total. The number of rotatable bonds is 3. The summed E-state index contributed by atoms with van der Waals surface area (Å²) < 4.78 is 0. The molecule has 1 heterocycles. The molecule has 15 heavy (non-hydrogen) atoms. The lowest BCUT2D eigenvalue weighted by Crippen LogP contribution is -2.39. The number of fused-ring (bicyclic) bond motifs is 1. The van der Waals surface area contributed by atoms with Crippen molar-refractivity contribution in [1.82, 2.24) is 10.2 Å². The lowest BCUT2D eigenvalue weighted by molar-refractivity contribution is 1.03. The van der Waals surface area contributed by atoms with Crippen LogP contribution in [0.1, 0.15) is 5.69 Å². The van der Waals surface area contributed by atoms with Crippen molar-refractivity contribution < 1.29 is 0 Å². The zero-order chi connectivity index (χ0) is 10.9. The highest BCUT2D eigenvalue weighted by Gasteiger charge is 2.21. The van der Waals surface area contributed by atoms with Gasteiger partial charge in [-0.3, -0.25) is 5.10 Å². The van der Waals surface area contributed by atoms with Crippen molar-refractivity contribution in [1.29, 1.82) is 0 Å². The van der Waals surface area contributed by atoms with E-state index in [1.807, 2.05) is 12.1 Å². The van der Waals surface area contributed by atoms with Gasteiger partial charge < -0.3 is 5.73 Å². The van der Waals surface area contributed by atoms with E-state index in [1.54, 1.807) is 0 Å². The van der Waals surface area contributed by atoms with Crippen LogP contribution in [-0.4, -0.2) is 24.4 Å². The van der Waals surface area contributed by atoms with Crippen LogP contribution in [0.3, 0.4) is 0 Å². The van der Waals surface area contributed by atoms with Gasteiger partial charge in [-0.15, -0.1) is 0 Å². The monoisotopic (exact) mass is 219 g/mol. The Bertz CT molecular complexity index is 462. The summed E-state index contributed by atoms with van der Waals surface area (Å²) in [5.41, 5.74) is 8.09. The fourth-order valence-electron chi connectivity index (χ4n) is 1.70. The van der Waals surface area contributed by atoms with E-state index in [-0.39, 0.29) is 0 Å². The van der Waals surface area contributed by atoms with Crippen LogP contribution in [0.25, 0.3) is 10.9 Å². The Hall–Kier alpha value is -1.13. The number of aromatic nitrogens is 2. The first-order valence-electron chi connectivity index (χ1n) is 5.24. The molecule has 0 amide bonds. The van der Waals surface area contributed by atoms with Gasteiger partial charge >= 0.3 is 0 Å². The lowest BCUT2D eigenvalue weighted by Gasteiger charge is -2.18. The van der Waals surface area contributed by atoms with Crippen molar-refractivity contribution in [3.8, 4) is 0 Å². The Morgan fingerprint density at radius 3 is 2.80 bits per heavy atom. The topological polar surface area (TPSA) is 54.7 Å². The molecular formula is C11H17N3Si. The molecule has 0 bridgehead atoms. The van der Waals surface area contributed by atoms with Crippen molar-refractivity contribution in [2.24, 2.45) is 5.73 Å². The van der Waals surface area contributed by atoms with Crippen molar-refractivity contribution in [2.75, 3.05) is 6.17 Å². The molecule has 0 saturated heterocycles. The van der Waals surface area contributed by atoms with Crippen LogP contribution in [0, 0.1) is 0 Å². The van der Waals surface area contributed by atoms with E-state index in [1.165, 1.54) is 11.1 Å². The molecule has 0 saturated carbocycles. The predicted molar refractivity (Wildman–Crippen MR) is 66.3 cm³/mol. The standard InChI is InChI=1S/C11H17N3Si/c1-15(2,8-12)7-11-9-5-3-4-6-10(9)13-14-11/h3-6H,7-8,12H2,1-2H3,(H,13,14). The highest BCUT2D eigenvalue weighted by atomic mass is 28.3. The second kappa shape index (κ2) is 3.79. The maximum Gasteiger partial charge on any atom is 0.0923 e. The molecule has 1 aromatic heterocycles. The number of hydrogen-bond donors (Lipinski definition) is 2. The number of H-pyrrole nitrogens is 1. The van der Waals surface area contributed by atoms with E-state index in [0.29, 0.717) is 0 Å². The Balaban J connectivity index is 2.37. The average molecular weight is 219 g/mol. The molecular weight excluding hydrogens is 202 g/mol. The van der Waals surface area contributed by atoms with Gasteiger partial charge in [-0.2, -0.15) is 5.10 Å². The number of nitrogens with one attached hydrogen (secondary N) is 1. The maximum atomic E-state index is 5.79. The molecule has 0 aliphatic rings. The number of hydrogen-bond acceptors (Lipinski definition) is 2. The van der Waals surface area contributed by atoms with Crippen LogP contribution < -0.4 is 5.73 Å². The van der Waals surface area contributed by atoms with E-state index in [0.717, 1.165) is 17.7 Å². The molecule has 3 N–H and O–H groups in total. The number of nitrogens with two attached hydrogens (primary N) is 1. The van der Waals surface area contributed by atoms with Crippen LogP contribution in [0.2, 0.25) is 13.1 Å². The molecule has 0 unspecified atom stereocenters. The van der Waals surface area contributed by atoms with Crippen molar-refractivity contribution in [2.45, 2.75) is 19.1 Å². The first-order chi connectivity index (χ1) is 7.12. The molecule has 1 aromatic carbocycles. The molecule has 4 heteroatoms. The van der Waals surface area contributed by atoms with Gasteiger partial charge in [-0.1, -0.05) is 31.3 Å². The van der Waals surface area contributed by atoms with Gasteiger partial charge in [0.1, 0.15) is 0 Å². The quantitative estimate of drug-likeness (QED) is 0.774. The van der Waals surface area contributed by atoms with E-state index in [9.17, 15) is 0 Å². The third-order valence-electron chi connectivity index (χ3n) is 2.75. The first-order valence-corrected chi connectivity index (χ1v) is 8.66. The predicted octanol–water partition coefficient (Wildman–Crippen LogP) is 1.85. The SMILES string of the molecule is C[Si](C)(CN)Cc1[nH]nc2ccccc12. The van der Waals surface area contributed by atoms with E-state index >= 15 is 0 Å². The van der Waals surface area contributed by atoms with Gasteiger partial charge in [0, 0.05) is 11.1 Å². The third-order valence-corrected chi connectivity index (χ3v) is 5.16. The zero-order valence-corrected chi connectivity index (χ0v) is 10.2. The molecule has 2 rings (SSSR count). The summed E-state index contributed by atoms with van der Waals surface area (Å²) in [6.07, 6.45) is 0.820. The second-order valence-electron chi connectivity index (χ2n) is 4.76. The highest BCUT2D eigenvalue weighted by Crippen LogP contribution is 2.18. The Morgan fingerprint density at radius 2 is 2.07 bits per heavy atom. The summed E-state index contributed by atoms with van der Waals surface area (Å²) in [7, 11) is -1.29. The molecule has 80 valence electrons. The molecule has 0 spiro atoms. The fourth-order valence-corrected chi connectivity index (χ4v) is 3.07. The summed E-state index contributed by atoms with van der Waals surface area (Å²) in [5, 5.41) is 8.67. The summed E-state index contributed by atoms with van der Waals surface area (Å²) in [5.74, 6) is 0. The van der Waals surface area contributed by atoms with Crippen molar-refractivity contribution in [3.05, 3.63) is 30.0 Å². The molecule has 2 aromatic rings. The van der Waals surface area contributed by atoms with Gasteiger partial charge in [0.25, 0.3) is 0 Å². The summed E-state index contributed by atoms with van der Waals surface area (Å²) in [6, 6.07) is 9.29. The van der Waals surface area contributed by atoms with E-state index in [4.69, 9.17) is 5.73 Å². The van der Waals surface area contributed by atoms with Crippen molar-refractivity contribution in [3.63, 3.8) is 0 Å². The summed E-state index contributed by atoms with van der Waals surface area (Å²) >= 11 is 0. The lowest BCUT2D eigenvalue weighted by atomic mass is 10.2. The number of benzene rings is 1. The largest absolute Gasteiger partial charge is 0.333 e. The minimum atomic E-state index is -1.29. The van der Waals surface area contributed by atoms with Crippen molar-refractivity contribution >= 4 is 19.0 Å². The van der Waals surface area contributed by atoms with Crippen LogP contribution in [0.5, 0.6) is 0 Å². The van der Waals surface area contributed by atoms with Crippen LogP contribution >= 0.6 is 0 Å². The summed E-state index contributed by atoms with van der Waals surface area (Å²) in [4.78, 5) is 0. The van der Waals surface area contributed by atoms with Gasteiger partial charge in [-0.25, -0.2) is 0 Å². The highest BCUT2D eigenvalue weighted by molar-refractivity contribution is 6.77. The van der Waals surface area contributed by atoms with Crippen LogP contribution in [0.15, 0.2) is 24.3 Å². The van der Waals surface area contributed by atoms with Gasteiger partial charge in [-0.05, 0) is 18.3 Å². The fraction of sp³-hybridized carbons (Fsp3) is 0.364. The normalized spacial score (nSPS) is 12.2. The smallest absolute Gasteiger partial charge is 0.0923 e. The van der Waals surface area contributed by atoms with Crippen LogP contribution in [0.4, 0.5) is 0 Å². The molecule has 0 aliphatic carbocycles. The second-order valence-corrected chi connectivity index (χ2v) is 9.85. The molecule has 0 aliphatic heterocycles. The van der Waals surface area contributed by atoms with Gasteiger partial charge in [0.2, 0.25) is 0 Å². The Morgan fingerprint density at radius 1 is 1.33 bits per heavy atom. The molecule has 0 radical (unpaired) electrons. The number of aromatic amines is 1. The van der Waals surface area contributed by atoms with E-state index in [2.05, 4.69) is 35.4 Å².